The van der Waals surface area contributed by atoms with Gasteiger partial charge < -0.3 is 5.32 Å². The van der Waals surface area contributed by atoms with Crippen LogP contribution in [0.1, 0.15) is 26.7 Å². The molecule has 66 valence electrons. The van der Waals surface area contributed by atoms with Gasteiger partial charge in [0.25, 0.3) is 0 Å². The number of nitrogens with one attached hydrogen (secondary N) is 1. The molecular weight excluding hydrogens is 150 g/mol. The van der Waals surface area contributed by atoms with E-state index in [0.717, 1.165) is 18.5 Å². The second kappa shape index (κ2) is 4.10. The van der Waals surface area contributed by atoms with Crippen molar-refractivity contribution >= 4 is 5.91 Å². The third-order valence-electron chi connectivity index (χ3n) is 1.82. The molecular formula is C10H15NO. The zero-order chi connectivity index (χ0) is 8.97. The smallest absolute Gasteiger partial charge is 0.226 e. The van der Waals surface area contributed by atoms with E-state index in [1.54, 1.807) is 0 Å². The Hall–Kier alpha value is -1.05. The van der Waals surface area contributed by atoms with Gasteiger partial charge in [-0.05, 0) is 18.9 Å². The first-order valence-corrected chi connectivity index (χ1v) is 4.36. The molecule has 0 aliphatic heterocycles. The Balaban J connectivity index is 2.45. The third-order valence-corrected chi connectivity index (χ3v) is 1.82. The maximum absolute atomic E-state index is 11.2. The summed E-state index contributed by atoms with van der Waals surface area (Å²) < 4.78 is 0. The third kappa shape index (κ3) is 2.53. The average molecular weight is 165 g/mol. The fraction of sp³-hybridized carbons (Fsp3) is 0.500. The molecule has 2 heteroatoms. The first-order chi connectivity index (χ1) is 5.70. The molecule has 2 nitrogen and oxygen atoms in total. The summed E-state index contributed by atoms with van der Waals surface area (Å²) in [7, 11) is 0. The Morgan fingerprint density at radius 3 is 2.83 bits per heavy atom. The quantitative estimate of drug-likeness (QED) is 0.666. The van der Waals surface area contributed by atoms with Crippen molar-refractivity contribution in [2.45, 2.75) is 26.7 Å². The Morgan fingerprint density at radius 2 is 2.33 bits per heavy atom. The minimum atomic E-state index is 0.0665. The highest BCUT2D eigenvalue weighted by Gasteiger charge is 2.08. The first kappa shape index (κ1) is 9.04. The molecule has 0 atom stereocenters. The second-order valence-electron chi connectivity index (χ2n) is 3.30. The van der Waals surface area contributed by atoms with E-state index in [4.69, 9.17) is 0 Å². The van der Waals surface area contributed by atoms with Crippen LogP contribution < -0.4 is 5.32 Å². The lowest BCUT2D eigenvalue weighted by atomic mass is 10.1. The molecule has 0 fully saturated rings. The Labute approximate surface area is 73.4 Å². The van der Waals surface area contributed by atoms with Crippen LogP contribution in [0.5, 0.6) is 0 Å². The maximum Gasteiger partial charge on any atom is 0.226 e. The van der Waals surface area contributed by atoms with Gasteiger partial charge in [0.15, 0.2) is 0 Å². The van der Waals surface area contributed by atoms with E-state index in [2.05, 4.69) is 11.4 Å². The van der Waals surface area contributed by atoms with Gasteiger partial charge in [0.1, 0.15) is 0 Å². The molecule has 1 aliphatic carbocycles. The summed E-state index contributed by atoms with van der Waals surface area (Å²) in [6.45, 7) is 3.79. The van der Waals surface area contributed by atoms with Gasteiger partial charge in [-0.15, -0.1) is 0 Å². The van der Waals surface area contributed by atoms with Crippen LogP contribution in [0.25, 0.3) is 0 Å². The van der Waals surface area contributed by atoms with Crippen LogP contribution in [0.15, 0.2) is 23.9 Å². The van der Waals surface area contributed by atoms with E-state index in [0.29, 0.717) is 0 Å². The van der Waals surface area contributed by atoms with E-state index in [-0.39, 0.29) is 11.8 Å². The normalized spacial score (nSPS) is 16.1. The molecule has 0 spiro atoms. The van der Waals surface area contributed by atoms with Crippen LogP contribution >= 0.6 is 0 Å². The van der Waals surface area contributed by atoms with Crippen LogP contribution in [-0.2, 0) is 4.79 Å². The van der Waals surface area contributed by atoms with Crippen molar-refractivity contribution in [1.82, 2.24) is 5.32 Å². The average Bonchev–Trinajstić information content (AvgIpc) is 2.06. The summed E-state index contributed by atoms with van der Waals surface area (Å²) in [4.78, 5) is 11.2. The number of carbonyl (C=O) groups excluding carboxylic acids is 1. The molecule has 0 heterocycles. The predicted molar refractivity (Wildman–Crippen MR) is 49.4 cm³/mol. The highest BCUT2D eigenvalue weighted by molar-refractivity contribution is 5.79. The van der Waals surface area contributed by atoms with E-state index >= 15 is 0 Å². The van der Waals surface area contributed by atoms with Crippen LogP contribution in [0.2, 0.25) is 0 Å². The molecule has 0 unspecified atom stereocenters. The van der Waals surface area contributed by atoms with Gasteiger partial charge in [0.2, 0.25) is 5.91 Å². The van der Waals surface area contributed by atoms with Crippen LogP contribution in [0.4, 0.5) is 0 Å². The monoisotopic (exact) mass is 165 g/mol. The van der Waals surface area contributed by atoms with E-state index in [1.807, 2.05) is 26.0 Å². The minimum absolute atomic E-state index is 0.0665. The second-order valence-corrected chi connectivity index (χ2v) is 3.30. The molecule has 0 radical (unpaired) electrons. The van der Waals surface area contributed by atoms with Crippen LogP contribution in [0, 0.1) is 5.92 Å². The lowest BCUT2D eigenvalue weighted by Gasteiger charge is -2.12. The lowest BCUT2D eigenvalue weighted by molar-refractivity contribution is -0.123. The minimum Gasteiger partial charge on any atom is -0.330 e. The molecule has 1 rings (SSSR count). The molecule has 0 aromatic heterocycles. The summed E-state index contributed by atoms with van der Waals surface area (Å²) in [5, 5.41) is 2.89. The van der Waals surface area contributed by atoms with Crippen molar-refractivity contribution in [2.75, 3.05) is 0 Å². The van der Waals surface area contributed by atoms with E-state index in [9.17, 15) is 4.79 Å². The zero-order valence-corrected chi connectivity index (χ0v) is 7.63. The van der Waals surface area contributed by atoms with Gasteiger partial charge in [-0.3, -0.25) is 4.79 Å². The van der Waals surface area contributed by atoms with Gasteiger partial charge in [-0.1, -0.05) is 26.0 Å². The SMILES string of the molecule is CC(C)C(=O)NC1=CC=CCC1. The fourth-order valence-corrected chi connectivity index (χ4v) is 1.01. The molecule has 0 aromatic carbocycles. The molecule has 0 bridgehead atoms. The summed E-state index contributed by atoms with van der Waals surface area (Å²) >= 11 is 0. The molecule has 0 aromatic rings. The summed E-state index contributed by atoms with van der Waals surface area (Å²) in [5.74, 6) is 0.174. The van der Waals surface area contributed by atoms with Gasteiger partial charge >= 0.3 is 0 Å². The number of amides is 1. The van der Waals surface area contributed by atoms with Gasteiger partial charge in [-0.25, -0.2) is 0 Å². The van der Waals surface area contributed by atoms with Gasteiger partial charge in [0.05, 0.1) is 0 Å². The summed E-state index contributed by atoms with van der Waals surface area (Å²) in [5.41, 5.74) is 1.04. The Bertz CT molecular complexity index is 226. The molecule has 0 saturated carbocycles. The fourth-order valence-electron chi connectivity index (χ4n) is 1.01. The summed E-state index contributed by atoms with van der Waals surface area (Å²) in [6, 6.07) is 0. The number of hydrogen-bond donors (Lipinski definition) is 1. The molecule has 1 aliphatic rings. The van der Waals surface area contributed by atoms with Crippen LogP contribution in [-0.4, -0.2) is 5.91 Å². The highest BCUT2D eigenvalue weighted by atomic mass is 16.1. The number of rotatable bonds is 2. The molecule has 1 N–H and O–H groups in total. The van der Waals surface area contributed by atoms with Crippen molar-refractivity contribution in [2.24, 2.45) is 5.92 Å². The zero-order valence-electron chi connectivity index (χ0n) is 7.63. The van der Waals surface area contributed by atoms with Crippen molar-refractivity contribution < 1.29 is 4.79 Å². The van der Waals surface area contributed by atoms with Gasteiger partial charge in [0, 0.05) is 11.6 Å². The highest BCUT2D eigenvalue weighted by Crippen LogP contribution is 2.09. The van der Waals surface area contributed by atoms with Crippen molar-refractivity contribution in [3.63, 3.8) is 0 Å². The lowest BCUT2D eigenvalue weighted by Crippen LogP contribution is -2.27. The first-order valence-electron chi connectivity index (χ1n) is 4.36. The Kier molecular flexibility index (Phi) is 3.09. The maximum atomic E-state index is 11.2. The molecule has 0 saturated heterocycles. The standard InChI is InChI=1S/C10H15NO/c1-8(2)10(12)11-9-6-4-3-5-7-9/h3-4,6,8H,5,7H2,1-2H3,(H,11,12). The number of allylic oxidation sites excluding steroid dienone is 4. The topological polar surface area (TPSA) is 29.1 Å². The molecule has 12 heavy (non-hydrogen) atoms. The predicted octanol–water partition coefficient (Wildman–Crippen LogP) is 1.99. The van der Waals surface area contributed by atoms with E-state index < -0.39 is 0 Å². The summed E-state index contributed by atoms with van der Waals surface area (Å²) in [6.07, 6.45) is 8.04. The number of carbonyl (C=O) groups is 1. The Morgan fingerprint density at radius 1 is 1.58 bits per heavy atom. The van der Waals surface area contributed by atoms with E-state index in [1.165, 1.54) is 0 Å². The van der Waals surface area contributed by atoms with Crippen molar-refractivity contribution in [3.8, 4) is 0 Å². The molecule has 1 amide bonds. The van der Waals surface area contributed by atoms with Crippen molar-refractivity contribution in [3.05, 3.63) is 23.9 Å². The van der Waals surface area contributed by atoms with Crippen molar-refractivity contribution in [1.29, 1.82) is 0 Å². The number of hydrogen-bond acceptors (Lipinski definition) is 1. The van der Waals surface area contributed by atoms with Gasteiger partial charge in [-0.2, -0.15) is 0 Å². The largest absolute Gasteiger partial charge is 0.330 e. The van der Waals surface area contributed by atoms with Crippen LogP contribution in [0.3, 0.4) is 0 Å².